The normalized spacial score (nSPS) is 23.9. The molecule has 3 amide bonds. The van der Waals surface area contributed by atoms with Gasteiger partial charge >= 0.3 is 0 Å². The molecule has 3 N–H and O–H groups in total. The number of carbonyl (C=O) groups excluding carboxylic acids is 3. The van der Waals surface area contributed by atoms with E-state index in [4.69, 9.17) is 4.74 Å². The number of hydrogen-bond donors (Lipinski definition) is 3. The molecule has 2 aromatic heterocycles. The number of ether oxygens (including phenoxy) is 1. The van der Waals surface area contributed by atoms with Crippen molar-refractivity contribution in [3.05, 3.63) is 29.2 Å². The molecule has 1 aliphatic carbocycles. The van der Waals surface area contributed by atoms with Gasteiger partial charge in [-0.15, -0.1) is 0 Å². The summed E-state index contributed by atoms with van der Waals surface area (Å²) in [5, 5.41) is 8.75. The Morgan fingerprint density at radius 1 is 1.20 bits per heavy atom. The Morgan fingerprint density at radius 3 is 2.63 bits per heavy atom. The van der Waals surface area contributed by atoms with Gasteiger partial charge in [0.2, 0.25) is 11.8 Å². The lowest BCUT2D eigenvalue weighted by Gasteiger charge is -2.32. The van der Waals surface area contributed by atoms with E-state index in [1.807, 2.05) is 0 Å². The number of fused-ring (bicyclic) bond motifs is 2. The summed E-state index contributed by atoms with van der Waals surface area (Å²) < 4.78 is 13.6. The SMILES string of the molecule is Cc1nsnc1C(=O)N[C@H](C(=O)Nc1cc2c(cn1)C1(CCOCC1)C(=O)N2)C1CCC(C)CC1. The third-order valence-electron chi connectivity index (χ3n) is 7.67. The van der Waals surface area contributed by atoms with E-state index in [1.54, 1.807) is 19.2 Å². The maximum absolute atomic E-state index is 13.4. The summed E-state index contributed by atoms with van der Waals surface area (Å²) in [6, 6.07) is 0.980. The van der Waals surface area contributed by atoms with Crippen molar-refractivity contribution < 1.29 is 19.1 Å². The summed E-state index contributed by atoms with van der Waals surface area (Å²) in [5.74, 6) is 0.196. The van der Waals surface area contributed by atoms with Crippen molar-refractivity contribution in [2.45, 2.75) is 63.8 Å². The molecule has 2 aromatic rings. The van der Waals surface area contributed by atoms with E-state index in [1.165, 1.54) is 0 Å². The van der Waals surface area contributed by atoms with Crippen LogP contribution in [0.1, 0.15) is 67.2 Å². The second kappa shape index (κ2) is 9.62. The standard InChI is InChI=1S/C24H30N6O4S/c1-13-3-5-15(6-4-13)20(28-21(31)19-14(2)29-35-30-19)22(32)27-18-11-17-16(12-25-18)24(23(33)26-17)7-9-34-10-8-24/h11-13,15,20H,3-10H2,1-2H3,(H,26,33)(H,28,31)(H,25,27,32)/t13?,15?,20-/m0/s1. The van der Waals surface area contributed by atoms with E-state index in [-0.39, 0.29) is 23.4 Å². The third kappa shape index (κ3) is 4.54. The first-order chi connectivity index (χ1) is 16.9. The fourth-order valence-electron chi connectivity index (χ4n) is 5.46. The lowest BCUT2D eigenvalue weighted by molar-refractivity contribution is -0.124. The van der Waals surface area contributed by atoms with Crippen LogP contribution < -0.4 is 16.0 Å². The van der Waals surface area contributed by atoms with Crippen molar-refractivity contribution in [1.82, 2.24) is 19.0 Å². The number of carbonyl (C=O) groups is 3. The Hall–Kier alpha value is -2.92. The van der Waals surface area contributed by atoms with Crippen LogP contribution in [0.15, 0.2) is 12.3 Å². The van der Waals surface area contributed by atoms with Gasteiger partial charge in [-0.1, -0.05) is 19.8 Å². The number of nitrogens with one attached hydrogen (secondary N) is 3. The van der Waals surface area contributed by atoms with E-state index >= 15 is 0 Å². The summed E-state index contributed by atoms with van der Waals surface area (Å²) in [7, 11) is 0. The minimum atomic E-state index is -0.720. The molecule has 1 saturated heterocycles. The topological polar surface area (TPSA) is 135 Å². The van der Waals surface area contributed by atoms with Gasteiger partial charge < -0.3 is 20.7 Å². The van der Waals surface area contributed by atoms with E-state index in [9.17, 15) is 14.4 Å². The maximum atomic E-state index is 13.4. The fraction of sp³-hybridized carbons (Fsp3) is 0.583. The molecule has 0 aromatic carbocycles. The Labute approximate surface area is 208 Å². The van der Waals surface area contributed by atoms with Crippen LogP contribution >= 0.6 is 11.7 Å². The van der Waals surface area contributed by atoms with Crippen molar-refractivity contribution in [1.29, 1.82) is 0 Å². The zero-order valence-electron chi connectivity index (χ0n) is 19.9. The van der Waals surface area contributed by atoms with Gasteiger partial charge in [-0.05, 0) is 44.4 Å². The average Bonchev–Trinajstić information content (AvgIpc) is 3.39. The number of aromatic nitrogens is 3. The highest BCUT2D eigenvalue weighted by Gasteiger charge is 2.48. The number of anilines is 2. The van der Waals surface area contributed by atoms with Crippen LogP contribution in [-0.2, 0) is 19.7 Å². The van der Waals surface area contributed by atoms with Gasteiger partial charge in [-0.2, -0.15) is 8.75 Å². The van der Waals surface area contributed by atoms with E-state index in [0.29, 0.717) is 49.2 Å². The van der Waals surface area contributed by atoms with Crippen LogP contribution in [0.2, 0.25) is 0 Å². The maximum Gasteiger partial charge on any atom is 0.273 e. The van der Waals surface area contributed by atoms with Gasteiger partial charge in [-0.25, -0.2) is 4.98 Å². The van der Waals surface area contributed by atoms with Crippen LogP contribution in [0, 0.1) is 18.8 Å². The van der Waals surface area contributed by atoms with Gasteiger partial charge in [0.25, 0.3) is 5.91 Å². The zero-order chi connectivity index (χ0) is 24.6. The van der Waals surface area contributed by atoms with Gasteiger partial charge in [0.1, 0.15) is 11.9 Å². The largest absolute Gasteiger partial charge is 0.381 e. The molecule has 35 heavy (non-hydrogen) atoms. The molecule has 0 radical (unpaired) electrons. The highest BCUT2D eigenvalue weighted by atomic mass is 32.1. The Bertz CT molecular complexity index is 1140. The number of nitrogens with zero attached hydrogens (tertiary/aromatic N) is 3. The summed E-state index contributed by atoms with van der Waals surface area (Å²) in [6.45, 7) is 4.99. The molecular weight excluding hydrogens is 468 g/mol. The molecular formula is C24H30N6O4S. The highest BCUT2D eigenvalue weighted by Crippen LogP contribution is 2.44. The minimum Gasteiger partial charge on any atom is -0.381 e. The molecule has 186 valence electrons. The molecule has 1 atom stereocenters. The van der Waals surface area contributed by atoms with Crippen LogP contribution in [0.25, 0.3) is 0 Å². The predicted molar refractivity (Wildman–Crippen MR) is 130 cm³/mol. The fourth-order valence-corrected chi connectivity index (χ4v) is 6.00. The number of aryl methyl sites for hydroxylation is 1. The first kappa shape index (κ1) is 23.8. The molecule has 11 heteroatoms. The lowest BCUT2D eigenvalue weighted by atomic mass is 9.76. The predicted octanol–water partition coefficient (Wildman–Crippen LogP) is 2.81. The molecule has 1 spiro atoms. The van der Waals surface area contributed by atoms with Gasteiger partial charge in [0, 0.05) is 31.0 Å². The van der Waals surface area contributed by atoms with E-state index in [0.717, 1.165) is 43.0 Å². The molecule has 2 fully saturated rings. The molecule has 1 saturated carbocycles. The molecule has 2 aliphatic heterocycles. The van der Waals surface area contributed by atoms with Crippen molar-refractivity contribution in [2.75, 3.05) is 23.8 Å². The summed E-state index contributed by atoms with van der Waals surface area (Å²) in [6.07, 6.45) is 6.62. The Kier molecular flexibility index (Phi) is 6.54. The Balaban J connectivity index is 1.35. The van der Waals surface area contributed by atoms with Crippen molar-refractivity contribution in [2.24, 2.45) is 11.8 Å². The van der Waals surface area contributed by atoms with Crippen LogP contribution in [0.5, 0.6) is 0 Å². The Morgan fingerprint density at radius 2 is 1.94 bits per heavy atom. The molecule has 0 bridgehead atoms. The monoisotopic (exact) mass is 498 g/mol. The smallest absolute Gasteiger partial charge is 0.273 e. The van der Waals surface area contributed by atoms with Gasteiger partial charge in [0.15, 0.2) is 5.69 Å². The second-order valence-corrected chi connectivity index (χ2v) is 10.5. The number of amides is 3. The molecule has 4 heterocycles. The van der Waals surface area contributed by atoms with Crippen molar-refractivity contribution in [3.8, 4) is 0 Å². The van der Waals surface area contributed by atoms with Crippen molar-refractivity contribution >= 4 is 41.0 Å². The summed E-state index contributed by atoms with van der Waals surface area (Å²) >= 11 is 0.976. The first-order valence-corrected chi connectivity index (χ1v) is 12.9. The van der Waals surface area contributed by atoms with E-state index < -0.39 is 17.4 Å². The molecule has 0 unspecified atom stereocenters. The second-order valence-electron chi connectivity index (χ2n) is 9.92. The quantitative estimate of drug-likeness (QED) is 0.577. The highest BCUT2D eigenvalue weighted by molar-refractivity contribution is 6.99. The number of hydrogen-bond acceptors (Lipinski definition) is 8. The van der Waals surface area contributed by atoms with Crippen LogP contribution in [0.4, 0.5) is 11.5 Å². The zero-order valence-corrected chi connectivity index (χ0v) is 20.7. The van der Waals surface area contributed by atoms with Gasteiger partial charge in [-0.3, -0.25) is 14.4 Å². The van der Waals surface area contributed by atoms with E-state index in [2.05, 4.69) is 36.6 Å². The molecule has 10 nitrogen and oxygen atoms in total. The van der Waals surface area contributed by atoms with Crippen LogP contribution in [0.3, 0.4) is 0 Å². The van der Waals surface area contributed by atoms with Crippen LogP contribution in [-0.4, -0.2) is 50.7 Å². The number of rotatable bonds is 5. The summed E-state index contributed by atoms with van der Waals surface area (Å²) in [5.41, 5.74) is 1.69. The summed E-state index contributed by atoms with van der Waals surface area (Å²) in [4.78, 5) is 43.6. The molecule has 5 rings (SSSR count). The third-order valence-corrected chi connectivity index (χ3v) is 8.29. The van der Waals surface area contributed by atoms with Gasteiger partial charge in [0.05, 0.1) is 28.5 Å². The molecule has 3 aliphatic rings. The lowest BCUT2D eigenvalue weighted by Crippen LogP contribution is -2.49. The number of pyridine rings is 1. The van der Waals surface area contributed by atoms with Crippen molar-refractivity contribution in [3.63, 3.8) is 0 Å². The first-order valence-electron chi connectivity index (χ1n) is 12.2. The minimum absolute atomic E-state index is 0.0155. The average molecular weight is 499 g/mol.